The Bertz CT molecular complexity index is 357. The van der Waals surface area contributed by atoms with Crippen LogP contribution >= 0.6 is 11.8 Å². The molecule has 4 nitrogen and oxygen atoms in total. The van der Waals surface area contributed by atoms with Crippen molar-refractivity contribution < 1.29 is 14.3 Å². The fraction of sp³-hybridized carbons (Fsp3) is 0.933. The summed E-state index contributed by atoms with van der Waals surface area (Å²) in [6.45, 7) is 4.99. The third-order valence-corrected chi connectivity index (χ3v) is 6.10. The van der Waals surface area contributed by atoms with Crippen LogP contribution in [0.2, 0.25) is 0 Å². The lowest BCUT2D eigenvalue weighted by atomic mass is 9.78. The van der Waals surface area contributed by atoms with Gasteiger partial charge in [-0.3, -0.25) is 4.79 Å². The number of rotatable bonds is 4. The number of ether oxygens (including phenoxy) is 2. The van der Waals surface area contributed by atoms with Crippen LogP contribution in [-0.4, -0.2) is 55.3 Å². The molecule has 3 rings (SSSR count). The van der Waals surface area contributed by atoms with Crippen molar-refractivity contribution in [1.82, 2.24) is 5.32 Å². The van der Waals surface area contributed by atoms with Gasteiger partial charge in [0.2, 0.25) is 0 Å². The molecule has 0 aromatic heterocycles. The van der Waals surface area contributed by atoms with Crippen LogP contribution in [-0.2, 0) is 14.3 Å². The minimum atomic E-state index is -0.00359. The number of thioether (sulfide) groups is 1. The Morgan fingerprint density at radius 2 is 2.35 bits per heavy atom. The monoisotopic (exact) mass is 299 g/mol. The second kappa shape index (κ2) is 6.34. The van der Waals surface area contributed by atoms with Gasteiger partial charge < -0.3 is 14.8 Å². The summed E-state index contributed by atoms with van der Waals surface area (Å²) in [7, 11) is 0. The quantitative estimate of drug-likeness (QED) is 0.852. The first-order valence-electron chi connectivity index (χ1n) is 7.81. The molecule has 3 aliphatic rings. The highest BCUT2D eigenvalue weighted by atomic mass is 32.2. The first-order chi connectivity index (χ1) is 9.74. The standard InChI is InChI=1S/C15H25NO3S/c1-2-16-13-9-18-8-12(13)14(17)11-3-5-19-15(7-11)4-6-20-10-15/h11-13,16H,2-10H2,1H3. The number of likely N-dealkylation sites (N-methyl/N-ethyl adjacent to an activating group) is 1. The van der Waals surface area contributed by atoms with E-state index in [4.69, 9.17) is 9.47 Å². The van der Waals surface area contributed by atoms with Crippen molar-refractivity contribution in [2.45, 2.75) is 37.8 Å². The molecule has 1 spiro atoms. The van der Waals surface area contributed by atoms with Crippen LogP contribution in [0.1, 0.15) is 26.2 Å². The zero-order valence-corrected chi connectivity index (χ0v) is 13.0. The lowest BCUT2D eigenvalue weighted by Gasteiger charge is -2.38. The van der Waals surface area contributed by atoms with Gasteiger partial charge in [0.05, 0.1) is 24.7 Å². The fourth-order valence-corrected chi connectivity index (χ4v) is 5.11. The summed E-state index contributed by atoms with van der Waals surface area (Å²) < 4.78 is 11.6. The Labute approximate surface area is 125 Å². The van der Waals surface area contributed by atoms with Crippen LogP contribution in [0.25, 0.3) is 0 Å². The van der Waals surface area contributed by atoms with E-state index in [9.17, 15) is 4.79 Å². The molecule has 4 unspecified atom stereocenters. The van der Waals surface area contributed by atoms with Gasteiger partial charge in [0.1, 0.15) is 5.78 Å². The normalized spacial score (nSPS) is 41.4. The molecule has 0 aromatic carbocycles. The van der Waals surface area contributed by atoms with Gasteiger partial charge in [-0.1, -0.05) is 6.92 Å². The van der Waals surface area contributed by atoms with Crippen LogP contribution in [0.5, 0.6) is 0 Å². The number of hydrogen-bond donors (Lipinski definition) is 1. The summed E-state index contributed by atoms with van der Waals surface area (Å²) >= 11 is 1.96. The highest BCUT2D eigenvalue weighted by Gasteiger charge is 2.45. The number of nitrogens with one attached hydrogen (secondary N) is 1. The number of carbonyl (C=O) groups is 1. The fourth-order valence-electron chi connectivity index (χ4n) is 3.73. The SMILES string of the molecule is CCNC1COCC1C(=O)C1CCOC2(CCSC2)C1. The summed E-state index contributed by atoms with van der Waals surface area (Å²) in [6, 6.07) is 0.212. The van der Waals surface area contributed by atoms with Crippen molar-refractivity contribution in [2.75, 3.05) is 37.9 Å². The minimum Gasteiger partial charge on any atom is -0.379 e. The predicted octanol–water partition coefficient (Wildman–Crippen LogP) is 1.48. The molecule has 0 amide bonds. The molecule has 0 radical (unpaired) electrons. The number of hydrogen-bond acceptors (Lipinski definition) is 5. The number of carbonyl (C=O) groups excluding carboxylic acids is 1. The van der Waals surface area contributed by atoms with E-state index in [1.165, 1.54) is 5.75 Å². The number of Topliss-reactive ketones (excluding diaryl/α,β-unsaturated/α-hetero) is 1. The zero-order chi connectivity index (χ0) is 14.0. The van der Waals surface area contributed by atoms with E-state index in [1.807, 2.05) is 11.8 Å². The summed E-state index contributed by atoms with van der Waals surface area (Å²) in [5.74, 6) is 2.87. The van der Waals surface area contributed by atoms with Gasteiger partial charge >= 0.3 is 0 Å². The molecule has 0 aromatic rings. The van der Waals surface area contributed by atoms with Gasteiger partial charge in [-0.05, 0) is 31.6 Å². The molecule has 0 aliphatic carbocycles. The lowest BCUT2D eigenvalue weighted by Crippen LogP contribution is -2.46. The van der Waals surface area contributed by atoms with Gasteiger partial charge in [0, 0.05) is 24.3 Å². The second-order valence-corrected chi connectivity index (χ2v) is 7.34. The smallest absolute Gasteiger partial charge is 0.143 e. The van der Waals surface area contributed by atoms with E-state index < -0.39 is 0 Å². The maximum atomic E-state index is 12.8. The molecule has 3 aliphatic heterocycles. The average Bonchev–Trinajstić information content (AvgIpc) is 3.09. The summed E-state index contributed by atoms with van der Waals surface area (Å²) in [4.78, 5) is 12.8. The summed E-state index contributed by atoms with van der Waals surface area (Å²) in [5, 5.41) is 3.39. The molecular weight excluding hydrogens is 274 g/mol. The third kappa shape index (κ3) is 2.91. The summed E-state index contributed by atoms with van der Waals surface area (Å²) in [5.41, 5.74) is -0.00359. The van der Waals surface area contributed by atoms with Gasteiger partial charge in [0.25, 0.3) is 0 Å². The maximum absolute atomic E-state index is 12.8. The van der Waals surface area contributed by atoms with E-state index in [0.717, 1.165) is 38.2 Å². The minimum absolute atomic E-state index is 0.00359. The zero-order valence-electron chi connectivity index (χ0n) is 12.2. The Morgan fingerprint density at radius 3 is 3.10 bits per heavy atom. The van der Waals surface area contributed by atoms with Crippen LogP contribution in [0.4, 0.5) is 0 Å². The molecule has 3 heterocycles. The maximum Gasteiger partial charge on any atom is 0.143 e. The molecular formula is C15H25NO3S. The molecule has 1 N–H and O–H groups in total. The van der Waals surface area contributed by atoms with Crippen molar-refractivity contribution in [1.29, 1.82) is 0 Å². The van der Waals surface area contributed by atoms with Gasteiger partial charge in [-0.15, -0.1) is 0 Å². The summed E-state index contributed by atoms with van der Waals surface area (Å²) in [6.07, 6.45) is 2.92. The highest BCUT2D eigenvalue weighted by molar-refractivity contribution is 7.99. The molecule has 3 fully saturated rings. The van der Waals surface area contributed by atoms with Crippen molar-refractivity contribution in [3.8, 4) is 0 Å². The first kappa shape index (κ1) is 14.8. The second-order valence-electron chi connectivity index (χ2n) is 6.23. The van der Waals surface area contributed by atoms with Crippen molar-refractivity contribution in [3.63, 3.8) is 0 Å². The Balaban J connectivity index is 1.64. The van der Waals surface area contributed by atoms with E-state index >= 15 is 0 Å². The molecule has 0 saturated carbocycles. The molecule has 3 saturated heterocycles. The van der Waals surface area contributed by atoms with Crippen molar-refractivity contribution in [3.05, 3.63) is 0 Å². The van der Waals surface area contributed by atoms with E-state index in [1.54, 1.807) is 0 Å². The molecule has 114 valence electrons. The topological polar surface area (TPSA) is 47.6 Å². The lowest BCUT2D eigenvalue weighted by molar-refractivity contribution is -0.138. The van der Waals surface area contributed by atoms with Crippen molar-refractivity contribution in [2.24, 2.45) is 11.8 Å². The van der Waals surface area contributed by atoms with Crippen LogP contribution in [0, 0.1) is 11.8 Å². The molecule has 4 atom stereocenters. The van der Waals surface area contributed by atoms with Crippen LogP contribution < -0.4 is 5.32 Å². The predicted molar refractivity (Wildman–Crippen MR) is 80.1 cm³/mol. The Hall–Kier alpha value is -0.100. The first-order valence-corrected chi connectivity index (χ1v) is 8.96. The third-order valence-electron chi connectivity index (χ3n) is 4.87. The van der Waals surface area contributed by atoms with Gasteiger partial charge in [-0.25, -0.2) is 0 Å². The van der Waals surface area contributed by atoms with E-state index in [-0.39, 0.29) is 23.5 Å². The Kier molecular flexibility index (Phi) is 4.70. The van der Waals surface area contributed by atoms with Crippen LogP contribution in [0.3, 0.4) is 0 Å². The largest absolute Gasteiger partial charge is 0.379 e. The van der Waals surface area contributed by atoms with Gasteiger partial charge in [-0.2, -0.15) is 11.8 Å². The van der Waals surface area contributed by atoms with E-state index in [2.05, 4.69) is 12.2 Å². The highest BCUT2D eigenvalue weighted by Crippen LogP contribution is 2.41. The molecule has 0 bridgehead atoms. The van der Waals surface area contributed by atoms with Crippen LogP contribution in [0.15, 0.2) is 0 Å². The molecule has 20 heavy (non-hydrogen) atoms. The molecule has 5 heteroatoms. The number of ketones is 1. The van der Waals surface area contributed by atoms with E-state index in [0.29, 0.717) is 19.0 Å². The average molecular weight is 299 g/mol. The van der Waals surface area contributed by atoms with Crippen molar-refractivity contribution >= 4 is 17.5 Å². The van der Waals surface area contributed by atoms with Gasteiger partial charge in [0.15, 0.2) is 0 Å². The Morgan fingerprint density at radius 1 is 1.45 bits per heavy atom.